The second-order valence-corrected chi connectivity index (χ2v) is 7.38. The largest absolute Gasteiger partial charge is 0.508 e. The van der Waals surface area contributed by atoms with Crippen LogP contribution in [0, 0.1) is 5.82 Å². The van der Waals surface area contributed by atoms with Gasteiger partial charge in [-0.2, -0.15) is 18.3 Å². The first-order valence-corrected chi connectivity index (χ1v) is 9.48. The van der Waals surface area contributed by atoms with E-state index < -0.39 is 42.1 Å². The zero-order chi connectivity index (χ0) is 22.3. The highest BCUT2D eigenvalue weighted by molar-refractivity contribution is 6.36. The smallest absolute Gasteiger partial charge is 0.410 e. The summed E-state index contributed by atoms with van der Waals surface area (Å²) in [6.07, 6.45) is -5.09. The van der Waals surface area contributed by atoms with Gasteiger partial charge in [-0.3, -0.25) is 4.79 Å². The number of anilines is 2. The van der Waals surface area contributed by atoms with Gasteiger partial charge in [0.25, 0.3) is 5.91 Å². The first-order valence-electron chi connectivity index (χ1n) is 9.10. The van der Waals surface area contributed by atoms with E-state index in [0.717, 1.165) is 12.1 Å². The van der Waals surface area contributed by atoms with Crippen LogP contribution in [0.15, 0.2) is 48.5 Å². The van der Waals surface area contributed by atoms with Crippen molar-refractivity contribution >= 4 is 29.0 Å². The predicted octanol–water partition coefficient (Wildman–Crippen LogP) is 5.29. The number of phenolic OH excluding ortho intramolecular Hbond substituents is 1. The number of hydrogen-bond donors (Lipinski definition) is 3. The van der Waals surface area contributed by atoms with E-state index >= 15 is 0 Å². The third-order valence-electron chi connectivity index (χ3n) is 4.89. The minimum absolute atomic E-state index is 0.103. The van der Waals surface area contributed by atoms with Crippen molar-refractivity contribution in [1.82, 2.24) is 9.78 Å². The second kappa shape index (κ2) is 7.77. The minimum Gasteiger partial charge on any atom is -0.508 e. The van der Waals surface area contributed by atoms with Gasteiger partial charge in [-0.05, 0) is 29.8 Å². The van der Waals surface area contributed by atoms with Crippen LogP contribution in [0.1, 0.15) is 34.6 Å². The number of amides is 1. The van der Waals surface area contributed by atoms with Crippen LogP contribution in [0.2, 0.25) is 5.02 Å². The highest BCUT2D eigenvalue weighted by Gasteiger charge is 2.47. The molecule has 1 aromatic heterocycles. The number of carbonyl (C=O) groups is 1. The van der Waals surface area contributed by atoms with Crippen molar-refractivity contribution in [3.63, 3.8) is 0 Å². The van der Waals surface area contributed by atoms with E-state index in [1.54, 1.807) is 0 Å². The predicted molar refractivity (Wildman–Crippen MR) is 106 cm³/mol. The minimum atomic E-state index is -4.66. The average molecular weight is 455 g/mol. The standard InChI is InChI=1S/C20H15ClF4N4O2/c21-16-17(19(31)26-12-2-1-3-13(30)8-12)28-29-15(20(23,24)25)9-14(27-18(16)29)10-4-6-11(22)7-5-10/h1-8,14-15,27,30H,9H2,(H,26,31). The number of aromatic nitrogens is 2. The number of benzene rings is 2. The lowest BCUT2D eigenvalue weighted by molar-refractivity contribution is -0.173. The lowest BCUT2D eigenvalue weighted by Gasteiger charge is -2.33. The maximum Gasteiger partial charge on any atom is 0.410 e. The van der Waals surface area contributed by atoms with Gasteiger partial charge < -0.3 is 15.7 Å². The maximum absolute atomic E-state index is 13.8. The van der Waals surface area contributed by atoms with E-state index in [-0.39, 0.29) is 22.3 Å². The molecule has 4 rings (SSSR count). The highest BCUT2D eigenvalue weighted by atomic mass is 35.5. The Morgan fingerprint density at radius 3 is 2.58 bits per heavy atom. The van der Waals surface area contributed by atoms with Crippen LogP contribution in [0.3, 0.4) is 0 Å². The number of phenols is 1. The molecule has 0 aliphatic carbocycles. The first kappa shape index (κ1) is 21.0. The first-order chi connectivity index (χ1) is 14.6. The molecule has 0 fully saturated rings. The van der Waals surface area contributed by atoms with E-state index in [1.165, 1.54) is 36.4 Å². The van der Waals surface area contributed by atoms with Crippen molar-refractivity contribution < 1.29 is 27.5 Å². The van der Waals surface area contributed by atoms with Gasteiger partial charge in [0, 0.05) is 18.2 Å². The van der Waals surface area contributed by atoms with Gasteiger partial charge in [-0.15, -0.1) is 0 Å². The van der Waals surface area contributed by atoms with E-state index in [2.05, 4.69) is 15.7 Å². The van der Waals surface area contributed by atoms with Gasteiger partial charge in [0.1, 0.15) is 22.4 Å². The Hall–Kier alpha value is -3.27. The number of rotatable bonds is 3. The molecule has 0 radical (unpaired) electrons. The fourth-order valence-electron chi connectivity index (χ4n) is 3.42. The molecule has 0 bridgehead atoms. The van der Waals surface area contributed by atoms with Crippen LogP contribution < -0.4 is 10.6 Å². The van der Waals surface area contributed by atoms with Crippen molar-refractivity contribution in [2.75, 3.05) is 10.6 Å². The summed E-state index contributed by atoms with van der Waals surface area (Å²) < 4.78 is 55.2. The van der Waals surface area contributed by atoms with Crippen LogP contribution >= 0.6 is 11.6 Å². The number of halogens is 5. The molecular weight excluding hydrogens is 440 g/mol. The summed E-state index contributed by atoms with van der Waals surface area (Å²) >= 11 is 6.24. The van der Waals surface area contributed by atoms with Gasteiger partial charge in [0.15, 0.2) is 11.7 Å². The summed E-state index contributed by atoms with van der Waals surface area (Å²) in [5, 5.41) is 18.4. The van der Waals surface area contributed by atoms with Crippen molar-refractivity contribution in [2.45, 2.75) is 24.7 Å². The molecule has 2 heterocycles. The quantitative estimate of drug-likeness (QED) is 0.470. The van der Waals surface area contributed by atoms with Crippen LogP contribution in [0.25, 0.3) is 0 Å². The molecule has 0 spiro atoms. The van der Waals surface area contributed by atoms with Crippen LogP contribution in [-0.4, -0.2) is 27.0 Å². The Kier molecular flexibility index (Phi) is 5.26. The molecule has 0 saturated heterocycles. The lowest BCUT2D eigenvalue weighted by Crippen LogP contribution is -2.35. The lowest BCUT2D eigenvalue weighted by atomic mass is 9.97. The monoisotopic (exact) mass is 454 g/mol. The molecule has 2 aromatic carbocycles. The molecule has 2 unspecified atom stereocenters. The molecule has 1 aliphatic heterocycles. The van der Waals surface area contributed by atoms with Gasteiger partial charge in [-0.1, -0.05) is 29.8 Å². The zero-order valence-corrected chi connectivity index (χ0v) is 16.4. The molecule has 11 heteroatoms. The number of carbonyl (C=O) groups excluding carboxylic acids is 1. The van der Waals surface area contributed by atoms with E-state index in [4.69, 9.17) is 11.6 Å². The van der Waals surface area contributed by atoms with Crippen LogP contribution in [0.4, 0.5) is 29.1 Å². The van der Waals surface area contributed by atoms with Crippen LogP contribution in [-0.2, 0) is 0 Å². The number of nitrogens with one attached hydrogen (secondary N) is 2. The number of alkyl halides is 3. The van der Waals surface area contributed by atoms with E-state index in [0.29, 0.717) is 10.2 Å². The van der Waals surface area contributed by atoms with Gasteiger partial charge >= 0.3 is 6.18 Å². The Labute approximate surface area is 178 Å². The van der Waals surface area contributed by atoms with Gasteiger partial charge in [0.05, 0.1) is 6.04 Å². The molecule has 1 amide bonds. The van der Waals surface area contributed by atoms with Crippen molar-refractivity contribution in [3.05, 3.63) is 70.6 Å². The SMILES string of the molecule is O=C(Nc1cccc(O)c1)c1nn2c(c1Cl)NC(c1ccc(F)cc1)CC2C(F)(F)F. The molecule has 3 aromatic rings. The van der Waals surface area contributed by atoms with E-state index in [1.807, 2.05) is 0 Å². The average Bonchev–Trinajstić information content (AvgIpc) is 3.04. The third-order valence-corrected chi connectivity index (χ3v) is 5.25. The third kappa shape index (κ3) is 4.15. The summed E-state index contributed by atoms with van der Waals surface area (Å²) in [6.45, 7) is 0. The Morgan fingerprint density at radius 2 is 1.94 bits per heavy atom. The number of hydrogen-bond acceptors (Lipinski definition) is 4. The summed E-state index contributed by atoms with van der Waals surface area (Å²) in [5.41, 5.74) is 0.253. The van der Waals surface area contributed by atoms with Gasteiger partial charge in [-0.25, -0.2) is 9.07 Å². The number of aromatic hydroxyl groups is 1. The van der Waals surface area contributed by atoms with Crippen molar-refractivity contribution in [3.8, 4) is 5.75 Å². The summed E-state index contributed by atoms with van der Waals surface area (Å²) in [7, 11) is 0. The molecule has 6 nitrogen and oxygen atoms in total. The Balaban J connectivity index is 1.70. The maximum atomic E-state index is 13.8. The van der Waals surface area contributed by atoms with Gasteiger partial charge in [0.2, 0.25) is 0 Å². The Morgan fingerprint density at radius 1 is 1.23 bits per heavy atom. The Bertz CT molecular complexity index is 1130. The molecule has 31 heavy (non-hydrogen) atoms. The molecule has 2 atom stereocenters. The fraction of sp³-hybridized carbons (Fsp3) is 0.200. The van der Waals surface area contributed by atoms with Crippen molar-refractivity contribution in [1.29, 1.82) is 0 Å². The molecule has 162 valence electrons. The molecule has 0 saturated carbocycles. The normalized spacial score (nSPS) is 18.2. The topological polar surface area (TPSA) is 79.2 Å². The zero-order valence-electron chi connectivity index (χ0n) is 15.6. The van der Waals surface area contributed by atoms with E-state index in [9.17, 15) is 27.5 Å². The molecular formula is C20H15ClF4N4O2. The summed E-state index contributed by atoms with van der Waals surface area (Å²) in [4.78, 5) is 12.6. The summed E-state index contributed by atoms with van der Waals surface area (Å²) in [5.74, 6) is -1.61. The highest BCUT2D eigenvalue weighted by Crippen LogP contribution is 2.46. The number of fused-ring (bicyclic) bond motifs is 1. The number of nitrogens with zero attached hydrogens (tertiary/aromatic N) is 2. The molecule has 3 N–H and O–H groups in total. The van der Waals surface area contributed by atoms with Crippen molar-refractivity contribution in [2.24, 2.45) is 0 Å². The van der Waals surface area contributed by atoms with Crippen LogP contribution in [0.5, 0.6) is 5.75 Å². The fourth-order valence-corrected chi connectivity index (χ4v) is 3.69. The second-order valence-electron chi connectivity index (χ2n) is 7.00. The molecule has 1 aliphatic rings. The summed E-state index contributed by atoms with van der Waals surface area (Å²) in [6, 6.07) is 7.85.